The molecule has 0 spiro atoms. The van der Waals surface area contributed by atoms with Gasteiger partial charge in [0.05, 0.1) is 0 Å². The number of rotatable bonds is 2. The molecule has 0 unspecified atom stereocenters. The number of thiocarbonyl (C=S) groups is 2. The van der Waals surface area contributed by atoms with Gasteiger partial charge in [0.15, 0.2) is 0 Å². The summed E-state index contributed by atoms with van der Waals surface area (Å²) >= 11 is 10.0. The number of pyridine rings is 2. The molecule has 4 N–H and O–H groups in total. The summed E-state index contributed by atoms with van der Waals surface area (Å²) in [7, 11) is 3.41. The van der Waals surface area contributed by atoms with Crippen LogP contribution in [0.4, 0.5) is 0 Å². The van der Waals surface area contributed by atoms with E-state index in [4.69, 9.17) is 36.1 Å². The summed E-state index contributed by atoms with van der Waals surface area (Å²) in [4.78, 5) is 9.00. The Morgan fingerprint density at radius 1 is 0.864 bits per heavy atom. The molecule has 0 aromatic carbocycles. The number of aromatic nitrogens is 2. The fourth-order valence-corrected chi connectivity index (χ4v) is 1.65. The van der Waals surface area contributed by atoms with Crippen molar-refractivity contribution in [3.63, 3.8) is 0 Å². The quantitative estimate of drug-likeness (QED) is 0.480. The standard InChI is InChI=1S/2C7H9N3S/c1-10(8)7(11)6-2-4-9-5-3-6;1-10(8)7(11)6-3-2-4-9-5-6/h2*2-5H,8H2,1H3. The van der Waals surface area contributed by atoms with Gasteiger partial charge in [-0.05, 0) is 24.3 Å². The number of hydrogen-bond donors (Lipinski definition) is 2. The molecular weight excluding hydrogens is 316 g/mol. The maximum absolute atomic E-state index is 5.44. The molecular formula is C14H18N6S2. The van der Waals surface area contributed by atoms with Crippen molar-refractivity contribution in [1.82, 2.24) is 20.0 Å². The molecule has 2 aromatic rings. The Morgan fingerprint density at radius 2 is 1.41 bits per heavy atom. The van der Waals surface area contributed by atoms with E-state index in [1.165, 1.54) is 10.0 Å². The van der Waals surface area contributed by atoms with Crippen molar-refractivity contribution in [2.24, 2.45) is 11.7 Å². The average molecular weight is 334 g/mol. The summed E-state index contributed by atoms with van der Waals surface area (Å²) in [6.45, 7) is 0. The molecule has 0 aliphatic carbocycles. The molecule has 0 bridgehead atoms. The lowest BCUT2D eigenvalue weighted by molar-refractivity contribution is 0.550. The highest BCUT2D eigenvalue weighted by atomic mass is 32.1. The summed E-state index contributed by atoms with van der Waals surface area (Å²) in [6, 6.07) is 7.35. The van der Waals surface area contributed by atoms with Crippen LogP contribution in [0.5, 0.6) is 0 Å². The van der Waals surface area contributed by atoms with Crippen molar-refractivity contribution in [1.29, 1.82) is 0 Å². The minimum atomic E-state index is 0.595. The second-order valence-electron chi connectivity index (χ2n) is 4.31. The van der Waals surface area contributed by atoms with E-state index in [0.717, 1.165) is 11.1 Å². The first kappa shape index (κ1) is 18.1. The van der Waals surface area contributed by atoms with Gasteiger partial charge in [-0.25, -0.2) is 11.7 Å². The lowest BCUT2D eigenvalue weighted by Gasteiger charge is -2.12. The number of hydrazine groups is 2. The topological polar surface area (TPSA) is 84.3 Å². The van der Waals surface area contributed by atoms with E-state index in [2.05, 4.69) is 9.97 Å². The first-order valence-electron chi connectivity index (χ1n) is 6.29. The fourth-order valence-electron chi connectivity index (χ4n) is 1.39. The molecule has 2 rings (SSSR count). The third-order valence-corrected chi connectivity index (χ3v) is 3.52. The summed E-state index contributed by atoms with van der Waals surface area (Å²) in [5.41, 5.74) is 1.78. The predicted octanol–water partition coefficient (Wildman–Crippen LogP) is 1.13. The summed E-state index contributed by atoms with van der Waals surface area (Å²) in [5.74, 6) is 10.9. The van der Waals surface area contributed by atoms with Crippen LogP contribution in [0.2, 0.25) is 0 Å². The highest BCUT2D eigenvalue weighted by Crippen LogP contribution is 2.00. The average Bonchev–Trinajstić information content (AvgIpc) is 2.55. The van der Waals surface area contributed by atoms with Crippen LogP contribution in [0.3, 0.4) is 0 Å². The Kier molecular flexibility index (Phi) is 7.47. The molecule has 0 aliphatic heterocycles. The minimum Gasteiger partial charge on any atom is -0.304 e. The summed E-state index contributed by atoms with van der Waals surface area (Å²) in [6.07, 6.45) is 6.75. The van der Waals surface area contributed by atoms with Crippen LogP contribution in [-0.2, 0) is 0 Å². The van der Waals surface area contributed by atoms with Crippen LogP contribution in [0.1, 0.15) is 11.1 Å². The molecule has 0 amide bonds. The van der Waals surface area contributed by atoms with Crippen molar-refractivity contribution in [3.8, 4) is 0 Å². The smallest absolute Gasteiger partial charge is 0.124 e. The molecule has 6 nitrogen and oxygen atoms in total. The first-order chi connectivity index (χ1) is 10.4. The monoisotopic (exact) mass is 334 g/mol. The molecule has 8 heteroatoms. The van der Waals surface area contributed by atoms with E-state index in [1.807, 2.05) is 24.3 Å². The van der Waals surface area contributed by atoms with Crippen molar-refractivity contribution in [2.75, 3.05) is 14.1 Å². The Balaban J connectivity index is 0.000000220. The zero-order valence-electron chi connectivity index (χ0n) is 12.4. The molecule has 0 radical (unpaired) electrons. The maximum Gasteiger partial charge on any atom is 0.124 e. The predicted molar refractivity (Wildman–Crippen MR) is 95.8 cm³/mol. The van der Waals surface area contributed by atoms with Gasteiger partial charge in [-0.1, -0.05) is 24.4 Å². The van der Waals surface area contributed by atoms with E-state index in [9.17, 15) is 0 Å². The Morgan fingerprint density at radius 3 is 1.86 bits per heavy atom. The summed E-state index contributed by atoms with van der Waals surface area (Å²) < 4.78 is 0. The van der Waals surface area contributed by atoms with E-state index in [-0.39, 0.29) is 0 Å². The summed E-state index contributed by atoms with van der Waals surface area (Å²) in [5, 5.41) is 2.80. The molecule has 0 aliphatic rings. The molecule has 0 atom stereocenters. The molecule has 2 heterocycles. The minimum absolute atomic E-state index is 0.595. The Bertz CT molecular complexity index is 546. The van der Waals surface area contributed by atoms with Crippen LogP contribution < -0.4 is 11.7 Å². The van der Waals surface area contributed by atoms with Crippen LogP contribution in [-0.4, -0.2) is 44.1 Å². The van der Waals surface area contributed by atoms with Gasteiger partial charge in [0.25, 0.3) is 0 Å². The SMILES string of the molecule is CN(N)C(=S)c1cccnc1.CN(N)C(=S)c1ccncc1. The molecule has 0 fully saturated rings. The van der Waals surface area contributed by atoms with Crippen molar-refractivity contribution >= 4 is 34.4 Å². The number of hydrogen-bond acceptors (Lipinski definition) is 6. The van der Waals surface area contributed by atoms with Crippen molar-refractivity contribution < 1.29 is 0 Å². The van der Waals surface area contributed by atoms with Gasteiger partial charge < -0.3 is 10.0 Å². The maximum atomic E-state index is 5.44. The second-order valence-corrected chi connectivity index (χ2v) is 5.08. The van der Waals surface area contributed by atoms with Crippen LogP contribution in [0, 0.1) is 0 Å². The van der Waals surface area contributed by atoms with Gasteiger partial charge >= 0.3 is 0 Å². The highest BCUT2D eigenvalue weighted by molar-refractivity contribution is 7.80. The lowest BCUT2D eigenvalue weighted by Crippen LogP contribution is -2.32. The third-order valence-electron chi connectivity index (χ3n) is 2.48. The van der Waals surface area contributed by atoms with Crippen LogP contribution >= 0.6 is 24.4 Å². The van der Waals surface area contributed by atoms with Crippen LogP contribution in [0.15, 0.2) is 49.1 Å². The molecule has 0 saturated carbocycles. The van der Waals surface area contributed by atoms with Gasteiger partial charge in [-0.2, -0.15) is 0 Å². The van der Waals surface area contributed by atoms with Gasteiger partial charge in [-0.15, -0.1) is 0 Å². The van der Waals surface area contributed by atoms with Gasteiger partial charge in [0.2, 0.25) is 0 Å². The Labute approximate surface area is 140 Å². The van der Waals surface area contributed by atoms with E-state index in [0.29, 0.717) is 9.98 Å². The van der Waals surface area contributed by atoms with Crippen molar-refractivity contribution in [2.45, 2.75) is 0 Å². The van der Waals surface area contributed by atoms with Gasteiger partial charge in [-0.3, -0.25) is 9.97 Å². The molecule has 22 heavy (non-hydrogen) atoms. The van der Waals surface area contributed by atoms with Crippen molar-refractivity contribution in [3.05, 3.63) is 60.2 Å². The van der Waals surface area contributed by atoms with E-state index >= 15 is 0 Å². The largest absolute Gasteiger partial charge is 0.304 e. The molecule has 0 saturated heterocycles. The zero-order valence-corrected chi connectivity index (χ0v) is 14.0. The van der Waals surface area contributed by atoms with Gasteiger partial charge in [0, 0.05) is 50.0 Å². The fraction of sp³-hybridized carbons (Fsp3) is 0.143. The first-order valence-corrected chi connectivity index (χ1v) is 7.10. The normalized spacial score (nSPS) is 9.27. The highest BCUT2D eigenvalue weighted by Gasteiger charge is 2.01. The Hall–Kier alpha value is -2.00. The molecule has 2 aromatic heterocycles. The zero-order chi connectivity index (χ0) is 16.5. The second kappa shape index (κ2) is 9.11. The third kappa shape index (κ3) is 5.78. The number of nitrogens with zero attached hydrogens (tertiary/aromatic N) is 4. The van der Waals surface area contributed by atoms with Gasteiger partial charge in [0.1, 0.15) is 9.98 Å². The lowest BCUT2D eigenvalue weighted by atomic mass is 10.3. The van der Waals surface area contributed by atoms with E-state index in [1.54, 1.807) is 38.9 Å². The van der Waals surface area contributed by atoms with Crippen LogP contribution in [0.25, 0.3) is 0 Å². The molecule has 116 valence electrons. The number of nitrogens with two attached hydrogens (primary N) is 2. The van der Waals surface area contributed by atoms with E-state index < -0.39 is 0 Å².